The van der Waals surface area contributed by atoms with Gasteiger partial charge in [-0.2, -0.15) is 0 Å². The molecule has 0 aliphatic rings. The number of nitrogens with two attached hydrogens (primary N) is 1. The van der Waals surface area contributed by atoms with Gasteiger partial charge in [0.2, 0.25) is 5.91 Å². The minimum atomic E-state index is -0.964. The van der Waals surface area contributed by atoms with E-state index in [2.05, 4.69) is 5.32 Å². The lowest BCUT2D eigenvalue weighted by Crippen LogP contribution is -2.48. The highest BCUT2D eigenvalue weighted by atomic mass is 16.6. The fourth-order valence-electron chi connectivity index (χ4n) is 1.46. The van der Waals surface area contributed by atoms with Crippen LogP contribution in [-0.4, -0.2) is 16.4 Å². The number of carbonyl (C=O) groups excluding carboxylic acids is 1. The van der Waals surface area contributed by atoms with Crippen LogP contribution in [-0.2, 0) is 11.3 Å². The number of hydrogen-bond donors (Lipinski definition) is 2. The molecule has 0 spiro atoms. The predicted octanol–water partition coefficient (Wildman–Crippen LogP) is 1.26. The van der Waals surface area contributed by atoms with Crippen molar-refractivity contribution >= 4 is 11.6 Å². The highest BCUT2D eigenvalue weighted by molar-refractivity contribution is 5.85. The van der Waals surface area contributed by atoms with Gasteiger partial charge >= 0.3 is 0 Å². The van der Waals surface area contributed by atoms with Crippen LogP contribution in [0.5, 0.6) is 0 Å². The molecule has 1 aromatic carbocycles. The van der Waals surface area contributed by atoms with Crippen molar-refractivity contribution in [3.8, 4) is 0 Å². The smallest absolute Gasteiger partial charge is 0.272 e. The lowest BCUT2D eigenvalue weighted by atomic mass is 10.0. The molecule has 0 saturated carbocycles. The van der Waals surface area contributed by atoms with E-state index in [9.17, 15) is 14.9 Å². The fraction of sp³-hybridized carbons (Fsp3) is 0.417. The molecule has 0 aliphatic carbocycles. The molecule has 0 unspecified atom stereocenters. The maximum absolute atomic E-state index is 11.6. The average Bonchev–Trinajstić information content (AvgIpc) is 2.25. The highest BCUT2D eigenvalue weighted by Crippen LogP contribution is 2.20. The maximum Gasteiger partial charge on any atom is 0.272 e. The summed E-state index contributed by atoms with van der Waals surface area (Å²) in [7, 11) is 0. The first kappa shape index (κ1) is 14.1. The molecule has 6 nitrogen and oxygen atoms in total. The van der Waals surface area contributed by atoms with Crippen molar-refractivity contribution in [3.05, 3.63) is 39.4 Å². The molecule has 0 bridgehead atoms. The number of carbonyl (C=O) groups is 1. The third kappa shape index (κ3) is 3.27. The molecule has 0 radical (unpaired) electrons. The van der Waals surface area contributed by atoms with E-state index in [1.165, 1.54) is 6.07 Å². The fourth-order valence-corrected chi connectivity index (χ4v) is 1.46. The van der Waals surface area contributed by atoms with Gasteiger partial charge < -0.3 is 11.1 Å². The molecule has 1 aromatic rings. The molecule has 3 N–H and O–H groups in total. The summed E-state index contributed by atoms with van der Waals surface area (Å²) >= 11 is 0. The molecule has 0 aliphatic heterocycles. The Morgan fingerprint density at radius 2 is 2.11 bits per heavy atom. The number of nitro benzene ring substituents is 1. The van der Waals surface area contributed by atoms with Crippen LogP contribution in [0.25, 0.3) is 0 Å². The van der Waals surface area contributed by atoms with Crippen LogP contribution in [0.1, 0.15) is 25.0 Å². The summed E-state index contributed by atoms with van der Waals surface area (Å²) in [4.78, 5) is 21.9. The largest absolute Gasteiger partial charge is 0.350 e. The number of benzene rings is 1. The molecule has 0 aromatic heterocycles. The van der Waals surface area contributed by atoms with Crippen molar-refractivity contribution in [2.24, 2.45) is 5.73 Å². The van der Waals surface area contributed by atoms with Crippen LogP contribution in [0, 0.1) is 17.0 Å². The Bertz CT molecular complexity index is 478. The SMILES string of the molecule is Cc1c(CNC(=O)C(C)(C)N)cccc1[N+](=O)[O-]. The number of nitrogens with zero attached hydrogens (tertiary/aromatic N) is 1. The third-order valence-electron chi connectivity index (χ3n) is 2.64. The minimum absolute atomic E-state index is 0.0498. The van der Waals surface area contributed by atoms with Gasteiger partial charge in [-0.25, -0.2) is 0 Å². The molecular weight excluding hydrogens is 234 g/mol. The molecular formula is C12H17N3O3. The van der Waals surface area contributed by atoms with Gasteiger partial charge in [-0.15, -0.1) is 0 Å². The van der Waals surface area contributed by atoms with E-state index in [0.29, 0.717) is 11.1 Å². The summed E-state index contributed by atoms with van der Waals surface area (Å²) in [6.07, 6.45) is 0. The molecule has 1 rings (SSSR count). The van der Waals surface area contributed by atoms with Crippen LogP contribution in [0.3, 0.4) is 0 Å². The summed E-state index contributed by atoms with van der Waals surface area (Å²) in [5.41, 5.74) is 5.99. The van der Waals surface area contributed by atoms with Crippen LogP contribution >= 0.6 is 0 Å². The summed E-state index contributed by atoms with van der Waals surface area (Å²) in [6, 6.07) is 4.78. The molecule has 0 saturated heterocycles. The Kier molecular flexibility index (Phi) is 4.03. The zero-order chi connectivity index (χ0) is 13.9. The van der Waals surface area contributed by atoms with Crippen molar-refractivity contribution in [1.82, 2.24) is 5.32 Å². The first-order chi connectivity index (χ1) is 8.23. The van der Waals surface area contributed by atoms with Gasteiger partial charge in [0.25, 0.3) is 5.69 Å². The Morgan fingerprint density at radius 1 is 1.50 bits per heavy atom. The molecule has 98 valence electrons. The molecule has 0 fully saturated rings. The number of amides is 1. The van der Waals surface area contributed by atoms with Gasteiger partial charge in [-0.05, 0) is 26.3 Å². The lowest BCUT2D eigenvalue weighted by Gasteiger charge is -2.18. The van der Waals surface area contributed by atoms with E-state index in [1.807, 2.05) is 0 Å². The quantitative estimate of drug-likeness (QED) is 0.621. The molecule has 1 amide bonds. The zero-order valence-corrected chi connectivity index (χ0v) is 10.7. The van der Waals surface area contributed by atoms with Gasteiger partial charge in [0.05, 0.1) is 10.5 Å². The first-order valence-corrected chi connectivity index (χ1v) is 5.53. The number of nitrogens with one attached hydrogen (secondary N) is 1. The van der Waals surface area contributed by atoms with E-state index >= 15 is 0 Å². The normalized spacial score (nSPS) is 11.1. The molecule has 0 heterocycles. The highest BCUT2D eigenvalue weighted by Gasteiger charge is 2.22. The van der Waals surface area contributed by atoms with Crippen LogP contribution in [0.15, 0.2) is 18.2 Å². The van der Waals surface area contributed by atoms with Crippen LogP contribution in [0.4, 0.5) is 5.69 Å². The molecule has 6 heteroatoms. The Hall–Kier alpha value is -1.95. The van der Waals surface area contributed by atoms with Crippen LogP contribution < -0.4 is 11.1 Å². The molecule has 18 heavy (non-hydrogen) atoms. The number of hydrogen-bond acceptors (Lipinski definition) is 4. The summed E-state index contributed by atoms with van der Waals surface area (Å²) in [5.74, 6) is -0.298. The van der Waals surface area contributed by atoms with Crippen molar-refractivity contribution in [3.63, 3.8) is 0 Å². The van der Waals surface area contributed by atoms with Gasteiger partial charge in [0.1, 0.15) is 0 Å². The summed E-state index contributed by atoms with van der Waals surface area (Å²) in [6.45, 7) is 5.09. The topological polar surface area (TPSA) is 98.3 Å². The van der Waals surface area contributed by atoms with Gasteiger partial charge in [0, 0.05) is 18.2 Å². The summed E-state index contributed by atoms with van der Waals surface area (Å²) in [5, 5.41) is 13.4. The average molecular weight is 251 g/mol. The number of nitro groups is 1. The van der Waals surface area contributed by atoms with Crippen molar-refractivity contribution in [2.75, 3.05) is 0 Å². The van der Waals surface area contributed by atoms with Crippen molar-refractivity contribution in [1.29, 1.82) is 0 Å². The van der Waals surface area contributed by atoms with Gasteiger partial charge in [-0.3, -0.25) is 14.9 Å². The Labute approximate surface area is 105 Å². The van der Waals surface area contributed by atoms with Crippen molar-refractivity contribution < 1.29 is 9.72 Å². The van der Waals surface area contributed by atoms with E-state index in [0.717, 1.165) is 0 Å². The maximum atomic E-state index is 11.6. The predicted molar refractivity (Wildman–Crippen MR) is 67.9 cm³/mol. The second-order valence-corrected chi connectivity index (χ2v) is 4.72. The Balaban J connectivity index is 2.84. The molecule has 0 atom stereocenters. The van der Waals surface area contributed by atoms with E-state index in [1.54, 1.807) is 32.9 Å². The lowest BCUT2D eigenvalue weighted by molar-refractivity contribution is -0.385. The van der Waals surface area contributed by atoms with Gasteiger partial charge in [-0.1, -0.05) is 12.1 Å². The second kappa shape index (κ2) is 5.14. The monoisotopic (exact) mass is 251 g/mol. The van der Waals surface area contributed by atoms with E-state index < -0.39 is 10.5 Å². The zero-order valence-electron chi connectivity index (χ0n) is 10.7. The third-order valence-corrected chi connectivity index (χ3v) is 2.64. The standard InChI is InChI=1S/C12H17N3O3/c1-8-9(5-4-6-10(8)15(17)18)7-14-11(16)12(2,3)13/h4-6H,7,13H2,1-3H3,(H,14,16). The van der Waals surface area contributed by atoms with E-state index in [-0.39, 0.29) is 18.1 Å². The minimum Gasteiger partial charge on any atom is -0.350 e. The number of rotatable bonds is 4. The van der Waals surface area contributed by atoms with Crippen LogP contribution in [0.2, 0.25) is 0 Å². The second-order valence-electron chi connectivity index (χ2n) is 4.72. The van der Waals surface area contributed by atoms with Crippen molar-refractivity contribution in [2.45, 2.75) is 32.9 Å². The Morgan fingerprint density at radius 3 is 2.61 bits per heavy atom. The van der Waals surface area contributed by atoms with Gasteiger partial charge in [0.15, 0.2) is 0 Å². The first-order valence-electron chi connectivity index (χ1n) is 5.53. The van der Waals surface area contributed by atoms with E-state index in [4.69, 9.17) is 5.73 Å². The summed E-state index contributed by atoms with van der Waals surface area (Å²) < 4.78 is 0.